The highest BCUT2D eigenvalue weighted by atomic mass is 35.5. The molecule has 5 N–H and O–H groups in total. The average Bonchev–Trinajstić information content (AvgIpc) is 3.01. The van der Waals surface area contributed by atoms with Crippen LogP contribution >= 0.6 is 11.6 Å². The minimum Gasteiger partial charge on any atom is -0.389 e. The van der Waals surface area contributed by atoms with Crippen LogP contribution in [0.4, 0.5) is 14.5 Å². The predicted octanol–water partition coefficient (Wildman–Crippen LogP) is 2.08. The number of hydrogen-bond acceptors (Lipinski definition) is 8. The van der Waals surface area contributed by atoms with E-state index in [1.807, 2.05) is 0 Å². The maximum absolute atomic E-state index is 13.8. The Morgan fingerprint density at radius 2 is 1.76 bits per heavy atom. The van der Waals surface area contributed by atoms with Crippen molar-refractivity contribution in [3.63, 3.8) is 0 Å². The van der Waals surface area contributed by atoms with Crippen LogP contribution in [0.15, 0.2) is 41.3 Å². The van der Waals surface area contributed by atoms with Gasteiger partial charge in [-0.3, -0.25) is 4.79 Å². The van der Waals surface area contributed by atoms with E-state index >= 15 is 0 Å². The molecule has 2 aliphatic rings. The number of rotatable bonds is 9. The smallest absolute Gasteiger partial charge is 0.255 e. The Kier molecular flexibility index (Phi) is 8.88. The van der Waals surface area contributed by atoms with Crippen molar-refractivity contribution in [3.05, 3.63) is 58.6 Å². The first kappa shape index (κ1) is 31.7. The van der Waals surface area contributed by atoms with Crippen molar-refractivity contribution in [2.45, 2.75) is 54.1 Å². The first-order valence-corrected chi connectivity index (χ1v) is 16.6. The largest absolute Gasteiger partial charge is 0.389 e. The number of sulfone groups is 1. The molecule has 4 unspecified atom stereocenters. The molecule has 2 aromatic rings. The molecule has 0 radical (unpaired) electrons. The Morgan fingerprint density at radius 3 is 2.37 bits per heavy atom. The second-order valence-corrected chi connectivity index (χ2v) is 15.3. The highest BCUT2D eigenvalue weighted by Gasteiger charge is 2.62. The van der Waals surface area contributed by atoms with E-state index in [0.29, 0.717) is 6.42 Å². The molecule has 2 saturated carbocycles. The van der Waals surface area contributed by atoms with Crippen molar-refractivity contribution in [1.82, 2.24) is 4.72 Å². The number of carbonyl (C=O) groups excluding carboxylic acids is 1. The normalized spacial score (nSPS) is 27.8. The third-order valence-electron chi connectivity index (χ3n) is 8.16. The third-order valence-corrected chi connectivity index (χ3v) is 11.5. The number of amides is 1. The maximum Gasteiger partial charge on any atom is 0.255 e. The van der Waals surface area contributed by atoms with Gasteiger partial charge in [-0.05, 0) is 67.3 Å². The summed E-state index contributed by atoms with van der Waals surface area (Å²) in [7, 11) is -7.85. The summed E-state index contributed by atoms with van der Waals surface area (Å²) in [5.41, 5.74) is -2.00. The molecule has 1 amide bonds. The standard InChI is InChI=1S/C26H31ClF2N2O8S2/c1-13-7-15-9-17(11-18(13)26(15,35)24(33)22(32)12-30-40(2,36)37)41(38,39)23-8-14(3-5-19(23)27)25(34)31-16-4-6-20(28)21(29)10-16/h3-6,8,10,13,15,17-18,22,24,30,32-33,35H,7,9,11-12H2,1-2H3,(H,31,34)/t13-,15?,17+,18?,22?,24?,26-/m0/s1. The second kappa shape index (κ2) is 11.5. The first-order chi connectivity index (χ1) is 18.9. The Labute approximate surface area is 241 Å². The zero-order valence-electron chi connectivity index (χ0n) is 22.1. The number of carbonyl (C=O) groups is 1. The molecule has 0 spiro atoms. The molecule has 0 aromatic heterocycles. The SMILES string of the molecule is C[C@H]1CC2C[C@@H](S(=O)(=O)c3cc(C(=O)Nc4ccc(F)c(F)c4)ccc3Cl)CC1[C@]2(O)C(O)C(O)CNS(C)(=O)=O. The number of sulfonamides is 1. The molecule has 0 saturated heterocycles. The molecule has 0 aliphatic heterocycles. The van der Waals surface area contributed by atoms with E-state index in [-0.39, 0.29) is 39.9 Å². The summed E-state index contributed by atoms with van der Waals surface area (Å²) < 4.78 is 79.3. The quantitative estimate of drug-likeness (QED) is 0.279. The van der Waals surface area contributed by atoms with Gasteiger partial charge in [-0.25, -0.2) is 30.3 Å². The number of fused-ring (bicyclic) bond motifs is 2. The molecule has 7 atom stereocenters. The van der Waals surface area contributed by atoms with Gasteiger partial charge in [-0.1, -0.05) is 18.5 Å². The van der Waals surface area contributed by atoms with Gasteiger partial charge in [0.25, 0.3) is 5.91 Å². The van der Waals surface area contributed by atoms with Gasteiger partial charge >= 0.3 is 0 Å². The lowest BCUT2D eigenvalue weighted by Crippen LogP contribution is -2.61. The van der Waals surface area contributed by atoms with Gasteiger partial charge in [0.15, 0.2) is 21.5 Å². The van der Waals surface area contributed by atoms with Gasteiger partial charge in [-0.2, -0.15) is 0 Å². The molecule has 15 heteroatoms. The van der Waals surface area contributed by atoms with Crippen LogP contribution in [0.25, 0.3) is 0 Å². The van der Waals surface area contributed by atoms with Crippen LogP contribution in [-0.2, 0) is 19.9 Å². The lowest BCUT2D eigenvalue weighted by molar-refractivity contribution is -0.177. The van der Waals surface area contributed by atoms with Crippen molar-refractivity contribution in [2.24, 2.45) is 17.8 Å². The predicted molar refractivity (Wildman–Crippen MR) is 147 cm³/mol. The summed E-state index contributed by atoms with van der Waals surface area (Å²) in [4.78, 5) is 12.5. The van der Waals surface area contributed by atoms with Gasteiger partial charge in [-0.15, -0.1) is 0 Å². The molecule has 0 heterocycles. The van der Waals surface area contributed by atoms with Gasteiger partial charge in [0.05, 0.1) is 33.1 Å². The van der Waals surface area contributed by atoms with Crippen LogP contribution in [-0.4, -0.2) is 73.9 Å². The zero-order valence-corrected chi connectivity index (χ0v) is 24.5. The fourth-order valence-corrected chi connectivity index (χ4v) is 9.00. The van der Waals surface area contributed by atoms with E-state index in [9.17, 15) is 45.7 Å². The van der Waals surface area contributed by atoms with Gasteiger partial charge in [0.1, 0.15) is 6.10 Å². The third kappa shape index (κ3) is 6.28. The van der Waals surface area contributed by atoms with Crippen molar-refractivity contribution in [1.29, 1.82) is 0 Å². The van der Waals surface area contributed by atoms with Crippen molar-refractivity contribution in [3.8, 4) is 0 Å². The summed E-state index contributed by atoms with van der Waals surface area (Å²) >= 11 is 6.26. The van der Waals surface area contributed by atoms with Crippen LogP contribution < -0.4 is 10.0 Å². The summed E-state index contributed by atoms with van der Waals surface area (Å²) in [6.45, 7) is 1.27. The lowest BCUT2D eigenvalue weighted by atomic mass is 9.69. The Hall–Kier alpha value is -2.20. The van der Waals surface area contributed by atoms with Crippen LogP contribution in [0.2, 0.25) is 5.02 Å². The summed E-state index contributed by atoms with van der Waals surface area (Å²) in [6.07, 6.45) is -2.30. The molecule has 2 fully saturated rings. The Balaban J connectivity index is 1.57. The second-order valence-electron chi connectivity index (χ2n) is 10.9. The summed E-state index contributed by atoms with van der Waals surface area (Å²) in [5, 5.41) is 34.2. The highest BCUT2D eigenvalue weighted by Crippen LogP contribution is 2.56. The molecule has 2 aromatic carbocycles. The molecule has 10 nitrogen and oxygen atoms in total. The topological polar surface area (TPSA) is 170 Å². The van der Waals surface area contributed by atoms with Crippen LogP contribution in [0.5, 0.6) is 0 Å². The van der Waals surface area contributed by atoms with Gasteiger partial charge in [0.2, 0.25) is 10.0 Å². The average molecular weight is 637 g/mol. The number of hydrogen-bond donors (Lipinski definition) is 5. The van der Waals surface area contributed by atoms with Crippen LogP contribution in [0, 0.1) is 29.4 Å². The number of anilines is 1. The first-order valence-electron chi connectivity index (χ1n) is 12.8. The number of nitrogens with one attached hydrogen (secondary N) is 2. The molecule has 226 valence electrons. The minimum absolute atomic E-state index is 0.0436. The fraction of sp³-hybridized carbons (Fsp3) is 0.500. The van der Waals surface area contributed by atoms with Crippen LogP contribution in [0.1, 0.15) is 36.5 Å². The van der Waals surface area contributed by atoms with Crippen molar-refractivity contribution >= 4 is 43.1 Å². The van der Waals surface area contributed by atoms with Crippen LogP contribution in [0.3, 0.4) is 0 Å². The van der Waals surface area contributed by atoms with Gasteiger partial charge in [0, 0.05) is 23.9 Å². The van der Waals surface area contributed by atoms with Gasteiger partial charge < -0.3 is 20.6 Å². The van der Waals surface area contributed by atoms with Crippen molar-refractivity contribution in [2.75, 3.05) is 18.1 Å². The Bertz CT molecular complexity index is 1560. The van der Waals surface area contributed by atoms with E-state index < -0.39 is 78.8 Å². The van der Waals surface area contributed by atoms with E-state index in [4.69, 9.17) is 11.6 Å². The molecule has 4 rings (SSSR count). The van der Waals surface area contributed by atoms with E-state index in [0.717, 1.165) is 30.5 Å². The number of benzene rings is 2. The molecular weight excluding hydrogens is 606 g/mol. The summed E-state index contributed by atoms with van der Waals surface area (Å²) in [5.74, 6) is -4.76. The lowest BCUT2D eigenvalue weighted by Gasteiger charge is -2.47. The fourth-order valence-electron chi connectivity index (χ4n) is 6.15. The van der Waals surface area contributed by atoms with E-state index in [1.165, 1.54) is 12.1 Å². The number of halogens is 3. The number of aliphatic hydroxyl groups excluding tert-OH is 2. The monoisotopic (exact) mass is 636 g/mol. The zero-order chi connectivity index (χ0) is 30.5. The molecular formula is C26H31ClF2N2O8S2. The maximum atomic E-state index is 13.8. The van der Waals surface area contributed by atoms with E-state index in [1.54, 1.807) is 6.92 Å². The summed E-state index contributed by atoms with van der Waals surface area (Å²) in [6, 6.07) is 6.37. The Morgan fingerprint density at radius 1 is 1.07 bits per heavy atom. The molecule has 41 heavy (non-hydrogen) atoms. The van der Waals surface area contributed by atoms with E-state index in [2.05, 4.69) is 10.0 Å². The number of aliphatic hydroxyl groups is 3. The highest BCUT2D eigenvalue weighted by molar-refractivity contribution is 7.92. The van der Waals surface area contributed by atoms with Crippen molar-refractivity contribution < 1.29 is 45.7 Å². The minimum atomic E-state index is -4.18. The molecule has 2 aliphatic carbocycles. The molecule has 2 bridgehead atoms.